The summed E-state index contributed by atoms with van der Waals surface area (Å²) in [7, 11) is 1.60. The largest absolute Gasteiger partial charge is 0.369 e. The van der Waals surface area contributed by atoms with E-state index in [0.717, 1.165) is 16.5 Å². The van der Waals surface area contributed by atoms with Crippen LogP contribution in [0, 0.1) is 17.1 Å². The van der Waals surface area contributed by atoms with Gasteiger partial charge in [-0.05, 0) is 23.8 Å². The number of nitrogens with zero attached hydrogens (tertiary/aromatic N) is 4. The maximum atomic E-state index is 14.0. The zero-order chi connectivity index (χ0) is 23.4. The zero-order valence-corrected chi connectivity index (χ0v) is 19.6. The first-order valence-electron chi connectivity index (χ1n) is 10.4. The van der Waals surface area contributed by atoms with Crippen molar-refractivity contribution in [2.24, 2.45) is 0 Å². The van der Waals surface area contributed by atoms with E-state index in [0.29, 0.717) is 29.2 Å². The van der Waals surface area contributed by atoms with E-state index in [9.17, 15) is 9.18 Å². The number of fused-ring (bicyclic) bond motifs is 1. The SMILES string of the molecule is CNC(=O)c1ccnc2c([C@H](C)CNc3cc(-c4ccc(C#N)c(F)c4)ncn3)cccc12.S. The average Bonchev–Trinajstić information content (AvgIpc) is 2.86. The molecule has 0 aliphatic heterocycles. The van der Waals surface area contributed by atoms with Crippen LogP contribution in [0.4, 0.5) is 10.2 Å². The maximum Gasteiger partial charge on any atom is 0.251 e. The van der Waals surface area contributed by atoms with Crippen LogP contribution in [0.2, 0.25) is 0 Å². The highest BCUT2D eigenvalue weighted by Gasteiger charge is 2.15. The van der Waals surface area contributed by atoms with Crippen molar-refractivity contribution in [2.75, 3.05) is 18.9 Å². The standard InChI is InChI=1S/C25H21FN6O.H2S/c1-15(18-4-3-5-19-20(25(33)28-2)8-9-29-24(18)19)13-30-23-11-22(31-14-32-23)16-6-7-17(12-27)21(26)10-16;/h3-11,14-15H,13H2,1-2H3,(H,28,33)(H,30,31,32);1H2/t15-;/m1./s1. The summed E-state index contributed by atoms with van der Waals surface area (Å²) >= 11 is 0. The molecule has 34 heavy (non-hydrogen) atoms. The van der Waals surface area contributed by atoms with Crippen LogP contribution in [0.1, 0.15) is 34.3 Å². The molecule has 0 unspecified atom stereocenters. The summed E-state index contributed by atoms with van der Waals surface area (Å²) in [6, 6.07) is 15.5. The number of benzene rings is 2. The van der Waals surface area contributed by atoms with Gasteiger partial charge in [-0.2, -0.15) is 18.8 Å². The summed E-state index contributed by atoms with van der Waals surface area (Å²) in [6.45, 7) is 2.62. The minimum absolute atomic E-state index is 0. The lowest BCUT2D eigenvalue weighted by Crippen LogP contribution is -2.18. The molecule has 0 fully saturated rings. The number of hydrogen-bond donors (Lipinski definition) is 2. The molecule has 0 bridgehead atoms. The molecule has 0 spiro atoms. The van der Waals surface area contributed by atoms with Crippen LogP contribution in [0.3, 0.4) is 0 Å². The minimum atomic E-state index is -0.587. The minimum Gasteiger partial charge on any atom is -0.369 e. The highest BCUT2D eigenvalue weighted by atomic mass is 32.1. The molecule has 0 saturated carbocycles. The van der Waals surface area contributed by atoms with E-state index in [1.54, 1.807) is 31.4 Å². The molecule has 2 aromatic heterocycles. The molecule has 4 rings (SSSR count). The van der Waals surface area contributed by atoms with Gasteiger partial charge in [-0.25, -0.2) is 14.4 Å². The van der Waals surface area contributed by atoms with E-state index >= 15 is 0 Å². The fourth-order valence-electron chi connectivity index (χ4n) is 3.67. The van der Waals surface area contributed by atoms with Crippen molar-refractivity contribution in [3.8, 4) is 17.3 Å². The van der Waals surface area contributed by atoms with Crippen LogP contribution in [-0.4, -0.2) is 34.5 Å². The number of rotatable bonds is 6. The van der Waals surface area contributed by atoms with Gasteiger partial charge in [-0.1, -0.05) is 31.2 Å². The summed E-state index contributed by atoms with van der Waals surface area (Å²) in [6.07, 6.45) is 3.05. The molecule has 0 aliphatic carbocycles. The van der Waals surface area contributed by atoms with E-state index < -0.39 is 5.82 Å². The van der Waals surface area contributed by atoms with Gasteiger partial charge in [0.1, 0.15) is 24.0 Å². The Morgan fingerprint density at radius 1 is 1.15 bits per heavy atom. The summed E-state index contributed by atoms with van der Waals surface area (Å²) in [5.41, 5.74) is 3.47. The Hall–Kier alpha value is -4.03. The van der Waals surface area contributed by atoms with Crippen molar-refractivity contribution in [2.45, 2.75) is 12.8 Å². The average molecular weight is 475 g/mol. The molecule has 2 heterocycles. The van der Waals surface area contributed by atoms with Crippen LogP contribution < -0.4 is 10.6 Å². The van der Waals surface area contributed by atoms with Crippen molar-refractivity contribution < 1.29 is 9.18 Å². The second kappa shape index (κ2) is 10.7. The number of para-hydroxylation sites is 1. The summed E-state index contributed by atoms with van der Waals surface area (Å²) < 4.78 is 14.0. The molecule has 1 atom stereocenters. The van der Waals surface area contributed by atoms with Crippen LogP contribution in [0.15, 0.2) is 61.1 Å². The van der Waals surface area contributed by atoms with Gasteiger partial charge in [0.05, 0.1) is 22.3 Å². The highest BCUT2D eigenvalue weighted by molar-refractivity contribution is 7.59. The Kier molecular flexibility index (Phi) is 7.76. The number of pyridine rings is 1. The molecule has 2 aromatic carbocycles. The molecule has 1 amide bonds. The fourth-order valence-corrected chi connectivity index (χ4v) is 3.67. The van der Waals surface area contributed by atoms with Gasteiger partial charge in [-0.3, -0.25) is 9.78 Å². The van der Waals surface area contributed by atoms with Crippen molar-refractivity contribution in [1.29, 1.82) is 5.26 Å². The van der Waals surface area contributed by atoms with E-state index in [-0.39, 0.29) is 30.9 Å². The summed E-state index contributed by atoms with van der Waals surface area (Å²) in [5.74, 6) is -0.0859. The number of anilines is 1. The Bertz CT molecular complexity index is 1390. The van der Waals surface area contributed by atoms with Gasteiger partial charge in [0, 0.05) is 42.7 Å². The molecule has 9 heteroatoms. The first-order chi connectivity index (χ1) is 16.0. The van der Waals surface area contributed by atoms with Crippen LogP contribution in [0.5, 0.6) is 0 Å². The van der Waals surface area contributed by atoms with Crippen LogP contribution in [-0.2, 0) is 0 Å². The Morgan fingerprint density at radius 2 is 1.97 bits per heavy atom. The number of nitrogens with one attached hydrogen (secondary N) is 2. The number of hydrogen-bond acceptors (Lipinski definition) is 6. The van der Waals surface area contributed by atoms with Crippen molar-refractivity contribution >= 4 is 36.1 Å². The third-order valence-corrected chi connectivity index (χ3v) is 5.45. The normalized spacial score (nSPS) is 11.2. The van der Waals surface area contributed by atoms with Gasteiger partial charge in [0.15, 0.2) is 0 Å². The Labute approximate surface area is 203 Å². The molecule has 2 N–H and O–H groups in total. The van der Waals surface area contributed by atoms with Gasteiger partial charge < -0.3 is 10.6 Å². The lowest BCUT2D eigenvalue weighted by Gasteiger charge is -2.16. The van der Waals surface area contributed by atoms with Gasteiger partial charge >= 0.3 is 0 Å². The maximum absolute atomic E-state index is 14.0. The quantitative estimate of drug-likeness (QED) is 0.430. The Balaban J connectivity index is 0.00000324. The predicted octanol–water partition coefficient (Wildman–Crippen LogP) is 4.39. The van der Waals surface area contributed by atoms with E-state index in [1.807, 2.05) is 24.3 Å². The number of nitriles is 1. The van der Waals surface area contributed by atoms with Crippen molar-refractivity contribution in [1.82, 2.24) is 20.3 Å². The first-order valence-corrected chi connectivity index (χ1v) is 10.4. The van der Waals surface area contributed by atoms with E-state index in [4.69, 9.17) is 5.26 Å². The Morgan fingerprint density at radius 3 is 2.71 bits per heavy atom. The summed E-state index contributed by atoms with van der Waals surface area (Å²) in [5, 5.41) is 15.7. The molecule has 0 saturated heterocycles. The van der Waals surface area contributed by atoms with Crippen LogP contribution >= 0.6 is 13.5 Å². The molecule has 7 nitrogen and oxygen atoms in total. The van der Waals surface area contributed by atoms with Crippen LogP contribution in [0.25, 0.3) is 22.2 Å². The lowest BCUT2D eigenvalue weighted by molar-refractivity contribution is 0.0964. The number of halogens is 1. The molecule has 4 aromatic rings. The highest BCUT2D eigenvalue weighted by Crippen LogP contribution is 2.27. The second-order valence-corrected chi connectivity index (χ2v) is 7.56. The predicted molar refractivity (Wildman–Crippen MR) is 135 cm³/mol. The first kappa shape index (κ1) is 24.6. The van der Waals surface area contributed by atoms with Gasteiger partial charge in [0.2, 0.25) is 0 Å². The van der Waals surface area contributed by atoms with Crippen molar-refractivity contribution in [3.63, 3.8) is 0 Å². The molecular weight excluding hydrogens is 451 g/mol. The molecule has 172 valence electrons. The van der Waals surface area contributed by atoms with E-state index in [2.05, 4.69) is 32.5 Å². The fraction of sp³-hybridized carbons (Fsp3) is 0.160. The molecular formula is C25H23FN6OS. The monoisotopic (exact) mass is 474 g/mol. The number of carbonyl (C=O) groups excluding carboxylic acids is 1. The molecule has 0 aliphatic rings. The third-order valence-electron chi connectivity index (χ3n) is 5.45. The summed E-state index contributed by atoms with van der Waals surface area (Å²) in [4.78, 5) is 25.2. The zero-order valence-electron chi connectivity index (χ0n) is 18.6. The molecule has 0 radical (unpaired) electrons. The topological polar surface area (TPSA) is 104 Å². The van der Waals surface area contributed by atoms with E-state index in [1.165, 1.54) is 18.5 Å². The third kappa shape index (κ3) is 4.97. The lowest BCUT2D eigenvalue weighted by atomic mass is 9.96. The van der Waals surface area contributed by atoms with Crippen molar-refractivity contribution in [3.05, 3.63) is 83.6 Å². The number of aromatic nitrogens is 3. The van der Waals surface area contributed by atoms with Gasteiger partial charge in [-0.15, -0.1) is 0 Å². The van der Waals surface area contributed by atoms with Gasteiger partial charge in [0.25, 0.3) is 5.91 Å². The second-order valence-electron chi connectivity index (χ2n) is 7.56. The number of carbonyl (C=O) groups is 1. The smallest absolute Gasteiger partial charge is 0.251 e. The number of amides is 1.